The first-order valence-electron chi connectivity index (χ1n) is 27.6. The van der Waals surface area contributed by atoms with Gasteiger partial charge >= 0.3 is 0 Å². The van der Waals surface area contributed by atoms with Crippen LogP contribution in [-0.4, -0.2) is 34.9 Å². The fraction of sp³-hybridized carbons (Fsp3) is 0.689. The lowest BCUT2D eigenvalue weighted by molar-refractivity contribution is -0.123. The highest BCUT2D eigenvalue weighted by molar-refractivity contribution is 5.76. The Morgan fingerprint density at radius 1 is 0.385 bits per heavy atom. The molecule has 0 rings (SSSR count). The van der Waals surface area contributed by atoms with Crippen LogP contribution in [0.15, 0.2) is 109 Å². The Hall–Kier alpha value is -2.95. The minimum absolute atomic E-state index is 0.0795. The number of rotatable bonds is 49. The molecule has 3 N–H and O–H groups in total. The van der Waals surface area contributed by atoms with E-state index in [9.17, 15) is 15.0 Å². The number of aliphatic hydroxyl groups is 2. The minimum Gasteiger partial charge on any atom is -0.394 e. The van der Waals surface area contributed by atoms with Gasteiger partial charge in [0.1, 0.15) is 0 Å². The number of carbonyl (C=O) groups excluding carboxylic acids is 1. The third-order valence-electron chi connectivity index (χ3n) is 12.0. The maximum Gasteiger partial charge on any atom is 0.220 e. The number of carbonyl (C=O) groups is 1. The second-order valence-electron chi connectivity index (χ2n) is 18.2. The van der Waals surface area contributed by atoms with E-state index in [-0.39, 0.29) is 12.5 Å². The predicted octanol–water partition coefficient (Wildman–Crippen LogP) is 18.3. The minimum atomic E-state index is -0.873. The summed E-state index contributed by atoms with van der Waals surface area (Å²) in [5, 5.41) is 23.0. The van der Waals surface area contributed by atoms with Crippen LogP contribution in [0.5, 0.6) is 0 Å². The van der Waals surface area contributed by atoms with Crippen molar-refractivity contribution in [3.63, 3.8) is 0 Å². The van der Waals surface area contributed by atoms with Crippen LogP contribution in [-0.2, 0) is 4.79 Å². The molecule has 0 spiro atoms. The van der Waals surface area contributed by atoms with Gasteiger partial charge in [0.15, 0.2) is 0 Å². The first kappa shape index (κ1) is 62.1. The van der Waals surface area contributed by atoms with Crippen LogP contribution in [0, 0.1) is 0 Å². The molecule has 0 fully saturated rings. The lowest BCUT2D eigenvalue weighted by Gasteiger charge is -2.19. The quantitative estimate of drug-likeness (QED) is 0.0421. The summed E-state index contributed by atoms with van der Waals surface area (Å²) >= 11 is 0. The number of aliphatic hydroxyl groups excluding tert-OH is 2. The summed E-state index contributed by atoms with van der Waals surface area (Å²) in [5.41, 5.74) is 0. The molecule has 372 valence electrons. The molecule has 2 unspecified atom stereocenters. The fourth-order valence-electron chi connectivity index (χ4n) is 7.80. The van der Waals surface area contributed by atoms with Gasteiger partial charge in [0.2, 0.25) is 5.91 Å². The maximum absolute atomic E-state index is 12.4. The summed E-state index contributed by atoms with van der Waals surface area (Å²) in [5.74, 6) is -0.0795. The maximum atomic E-state index is 12.4. The van der Waals surface area contributed by atoms with Gasteiger partial charge in [0, 0.05) is 6.42 Å². The standard InChI is InChI=1S/C61H105NO3/c1-3-5-7-9-11-13-15-17-19-20-21-22-23-24-25-26-27-28-29-30-31-32-33-34-35-36-37-38-39-40-41-42-43-45-47-49-51-53-55-57-61(65)62-59(58-63)60(64)56-54-52-50-48-46-44-18-16-14-12-10-8-6-4-2/h5,7,11,13-14,16-17,19,21-22,24-25,27-28,46,48,54,56,59-60,63-64H,3-4,6,8-10,12,15,18,20,23,26,29-45,47,49-53,55,57-58H2,1-2H3,(H,62,65)/b7-5-,13-11-,16-14+,19-17-,22-21-,25-24-,28-27-,48-46+,56-54+. The molecule has 0 aliphatic heterocycles. The molecular weight excluding hydrogens is 795 g/mol. The number of hydrogen-bond donors (Lipinski definition) is 3. The first-order chi connectivity index (χ1) is 32.2. The molecule has 1 amide bonds. The highest BCUT2D eigenvalue weighted by atomic mass is 16.3. The van der Waals surface area contributed by atoms with Gasteiger partial charge in [0.25, 0.3) is 0 Å². The monoisotopic (exact) mass is 900 g/mol. The first-order valence-corrected chi connectivity index (χ1v) is 27.6. The van der Waals surface area contributed by atoms with E-state index in [1.807, 2.05) is 6.08 Å². The molecule has 0 aliphatic carbocycles. The molecule has 0 heterocycles. The third kappa shape index (κ3) is 51.9. The second kappa shape index (κ2) is 55.4. The van der Waals surface area contributed by atoms with Gasteiger partial charge in [-0.25, -0.2) is 0 Å². The van der Waals surface area contributed by atoms with Crippen LogP contribution >= 0.6 is 0 Å². The number of allylic oxidation sites excluding steroid dienone is 17. The van der Waals surface area contributed by atoms with Crippen molar-refractivity contribution in [2.45, 2.75) is 264 Å². The van der Waals surface area contributed by atoms with E-state index >= 15 is 0 Å². The summed E-state index contributed by atoms with van der Waals surface area (Å²) in [6.45, 7) is 4.15. The molecule has 4 heteroatoms. The number of nitrogens with one attached hydrogen (secondary N) is 1. The van der Waals surface area contributed by atoms with Crippen molar-refractivity contribution in [3.05, 3.63) is 109 Å². The van der Waals surface area contributed by atoms with Crippen molar-refractivity contribution in [3.8, 4) is 0 Å². The Bertz CT molecular complexity index is 1250. The summed E-state index contributed by atoms with van der Waals surface area (Å²) in [4.78, 5) is 12.4. The lowest BCUT2D eigenvalue weighted by Crippen LogP contribution is -2.45. The van der Waals surface area contributed by atoms with Crippen LogP contribution in [0.25, 0.3) is 0 Å². The highest BCUT2D eigenvalue weighted by Crippen LogP contribution is 2.16. The largest absolute Gasteiger partial charge is 0.394 e. The molecule has 0 bridgehead atoms. The fourth-order valence-corrected chi connectivity index (χ4v) is 7.80. The summed E-state index contributed by atoms with van der Waals surface area (Å²) < 4.78 is 0. The topological polar surface area (TPSA) is 69.6 Å². The van der Waals surface area contributed by atoms with Crippen LogP contribution in [0.2, 0.25) is 0 Å². The van der Waals surface area contributed by atoms with E-state index in [4.69, 9.17) is 0 Å². The van der Waals surface area contributed by atoms with E-state index < -0.39 is 12.1 Å². The molecule has 0 saturated carbocycles. The van der Waals surface area contributed by atoms with E-state index in [0.717, 1.165) is 77.0 Å². The van der Waals surface area contributed by atoms with Crippen molar-refractivity contribution in [1.29, 1.82) is 0 Å². The summed E-state index contributed by atoms with van der Waals surface area (Å²) in [7, 11) is 0. The average Bonchev–Trinajstić information content (AvgIpc) is 3.31. The van der Waals surface area contributed by atoms with Crippen molar-refractivity contribution in [1.82, 2.24) is 5.32 Å². The van der Waals surface area contributed by atoms with Gasteiger partial charge in [-0.05, 0) is 96.3 Å². The molecule has 65 heavy (non-hydrogen) atoms. The smallest absolute Gasteiger partial charge is 0.220 e. The van der Waals surface area contributed by atoms with Gasteiger partial charge in [-0.15, -0.1) is 0 Å². The SMILES string of the molecule is CC/C=C\C/C=C\C/C=C\C/C=C\C/C=C\C/C=C\CCCCCCCCCCCCCCCCCCCCCCC(=O)NC(CO)C(O)/C=C/CC/C=C/CC/C=C/CCCCCC. The molecule has 0 aromatic carbocycles. The molecule has 0 saturated heterocycles. The Balaban J connectivity index is 3.49. The Kier molecular flexibility index (Phi) is 52.9. The van der Waals surface area contributed by atoms with Crippen LogP contribution in [0.3, 0.4) is 0 Å². The molecule has 0 radical (unpaired) electrons. The Morgan fingerprint density at radius 3 is 1.08 bits per heavy atom. The van der Waals surface area contributed by atoms with E-state index in [1.165, 1.54) is 154 Å². The van der Waals surface area contributed by atoms with Gasteiger partial charge < -0.3 is 15.5 Å². The molecule has 0 aromatic heterocycles. The molecule has 4 nitrogen and oxygen atoms in total. The van der Waals surface area contributed by atoms with Gasteiger partial charge in [-0.3, -0.25) is 4.79 Å². The zero-order valence-electron chi connectivity index (χ0n) is 42.7. The van der Waals surface area contributed by atoms with Crippen LogP contribution in [0.4, 0.5) is 0 Å². The van der Waals surface area contributed by atoms with E-state index in [0.29, 0.717) is 6.42 Å². The lowest BCUT2D eigenvalue weighted by atomic mass is 10.0. The van der Waals surface area contributed by atoms with Crippen molar-refractivity contribution < 1.29 is 15.0 Å². The number of hydrogen-bond acceptors (Lipinski definition) is 3. The van der Waals surface area contributed by atoms with Crippen molar-refractivity contribution in [2.75, 3.05) is 6.61 Å². The highest BCUT2D eigenvalue weighted by Gasteiger charge is 2.17. The van der Waals surface area contributed by atoms with E-state index in [1.54, 1.807) is 6.08 Å². The Morgan fingerprint density at radius 2 is 0.692 bits per heavy atom. The van der Waals surface area contributed by atoms with Crippen LogP contribution in [0.1, 0.15) is 251 Å². The number of amides is 1. The zero-order valence-corrected chi connectivity index (χ0v) is 42.7. The third-order valence-corrected chi connectivity index (χ3v) is 12.0. The molecule has 0 aromatic rings. The van der Waals surface area contributed by atoms with Crippen molar-refractivity contribution in [2.24, 2.45) is 0 Å². The predicted molar refractivity (Wildman–Crippen MR) is 289 cm³/mol. The summed E-state index contributed by atoms with van der Waals surface area (Å²) in [6, 6.07) is -0.648. The summed E-state index contributed by atoms with van der Waals surface area (Å²) in [6.07, 6.45) is 83.9. The molecule has 2 atom stereocenters. The van der Waals surface area contributed by atoms with Gasteiger partial charge in [0.05, 0.1) is 18.8 Å². The molecule has 0 aliphatic rings. The van der Waals surface area contributed by atoms with E-state index in [2.05, 4.69) is 116 Å². The van der Waals surface area contributed by atoms with Crippen LogP contribution < -0.4 is 5.32 Å². The zero-order chi connectivity index (χ0) is 47.0. The number of unbranched alkanes of at least 4 members (excludes halogenated alkanes) is 26. The van der Waals surface area contributed by atoms with Gasteiger partial charge in [-0.1, -0.05) is 258 Å². The van der Waals surface area contributed by atoms with Crippen molar-refractivity contribution >= 4 is 5.91 Å². The normalized spacial score (nSPS) is 13.7. The Labute approximate surface area is 404 Å². The van der Waals surface area contributed by atoms with Gasteiger partial charge in [-0.2, -0.15) is 0 Å². The second-order valence-corrected chi connectivity index (χ2v) is 18.2. The average molecular weight is 901 g/mol. The molecular formula is C61H105NO3.